The minimum Gasteiger partial charge on any atom is -0.394 e. The quantitative estimate of drug-likeness (QED) is 0.771. The van der Waals surface area contributed by atoms with Crippen LogP contribution in [0.2, 0.25) is 0 Å². The summed E-state index contributed by atoms with van der Waals surface area (Å²) >= 11 is 0. The molecule has 0 aromatic carbocycles. The Morgan fingerprint density at radius 1 is 1.17 bits per heavy atom. The molecule has 2 heterocycles. The van der Waals surface area contributed by atoms with Crippen LogP contribution in [0, 0.1) is 0 Å². The van der Waals surface area contributed by atoms with Gasteiger partial charge in [0.25, 0.3) is 0 Å². The van der Waals surface area contributed by atoms with Crippen LogP contribution < -0.4 is 5.32 Å². The van der Waals surface area contributed by atoms with Crippen molar-refractivity contribution in [2.45, 2.75) is 33.0 Å². The molecule has 6 heteroatoms. The van der Waals surface area contributed by atoms with Crippen molar-refractivity contribution in [1.82, 2.24) is 19.6 Å². The van der Waals surface area contributed by atoms with Gasteiger partial charge in [-0.3, -0.25) is 9.36 Å². The van der Waals surface area contributed by atoms with Crippen LogP contribution in [0.25, 0.3) is 0 Å². The van der Waals surface area contributed by atoms with Gasteiger partial charge in [-0.25, -0.2) is 0 Å². The van der Waals surface area contributed by atoms with Gasteiger partial charge >= 0.3 is 0 Å². The summed E-state index contributed by atoms with van der Waals surface area (Å²) in [7, 11) is 0. The number of hydrogen-bond acceptors (Lipinski definition) is 4. The number of anilines is 1. The zero-order valence-corrected chi connectivity index (χ0v) is 10.6. The Bertz CT molecular complexity index is 432. The molecule has 0 spiro atoms. The van der Waals surface area contributed by atoms with Crippen LogP contribution in [0.4, 0.5) is 5.69 Å². The normalized spacial score (nSPS) is 10.8. The van der Waals surface area contributed by atoms with E-state index in [1.807, 2.05) is 17.1 Å². The number of rotatable bonds is 7. The summed E-state index contributed by atoms with van der Waals surface area (Å²) in [6.45, 7) is 4.44. The molecule has 0 aliphatic heterocycles. The predicted molar refractivity (Wildman–Crippen MR) is 69.2 cm³/mol. The number of nitrogens with zero attached hydrogens (tertiary/aromatic N) is 4. The maximum atomic E-state index is 8.80. The molecule has 0 aliphatic rings. The molecule has 2 aromatic rings. The summed E-state index contributed by atoms with van der Waals surface area (Å²) in [5, 5.41) is 20.5. The van der Waals surface area contributed by atoms with Crippen molar-refractivity contribution >= 4 is 5.69 Å². The standard InChI is InChI=1S/C12H19N5O/c1-2-3-16-9-11(7-14-16)6-13-12-8-15-17(10-12)4-5-18/h7-10,13,18H,2-6H2,1H3. The van der Waals surface area contributed by atoms with E-state index in [1.54, 1.807) is 10.9 Å². The summed E-state index contributed by atoms with van der Waals surface area (Å²) in [6, 6.07) is 0. The van der Waals surface area contributed by atoms with Gasteiger partial charge in [-0.1, -0.05) is 6.92 Å². The molecule has 2 aromatic heterocycles. The van der Waals surface area contributed by atoms with Crippen LogP contribution in [0.3, 0.4) is 0 Å². The molecule has 0 saturated carbocycles. The summed E-state index contributed by atoms with van der Waals surface area (Å²) < 4.78 is 3.66. The fourth-order valence-corrected chi connectivity index (χ4v) is 1.73. The van der Waals surface area contributed by atoms with Crippen molar-refractivity contribution in [2.24, 2.45) is 0 Å². The Balaban J connectivity index is 1.85. The van der Waals surface area contributed by atoms with Gasteiger partial charge in [-0.05, 0) is 6.42 Å². The zero-order chi connectivity index (χ0) is 12.8. The monoisotopic (exact) mass is 249 g/mol. The first-order valence-electron chi connectivity index (χ1n) is 6.20. The third-order valence-corrected chi connectivity index (χ3v) is 2.60. The van der Waals surface area contributed by atoms with Crippen LogP contribution in [-0.2, 0) is 19.6 Å². The van der Waals surface area contributed by atoms with E-state index >= 15 is 0 Å². The molecular formula is C12H19N5O. The molecule has 0 saturated heterocycles. The molecule has 0 amide bonds. The first-order valence-corrected chi connectivity index (χ1v) is 6.20. The Morgan fingerprint density at radius 3 is 2.72 bits per heavy atom. The smallest absolute Gasteiger partial charge is 0.0729 e. The predicted octanol–water partition coefficient (Wildman–Crippen LogP) is 1.09. The van der Waals surface area contributed by atoms with Gasteiger partial charge in [0.1, 0.15) is 0 Å². The van der Waals surface area contributed by atoms with Gasteiger partial charge in [0.15, 0.2) is 0 Å². The lowest BCUT2D eigenvalue weighted by molar-refractivity contribution is 0.269. The van der Waals surface area contributed by atoms with E-state index in [-0.39, 0.29) is 6.61 Å². The van der Waals surface area contributed by atoms with Crippen LogP contribution >= 0.6 is 0 Å². The number of aliphatic hydroxyl groups excluding tert-OH is 1. The van der Waals surface area contributed by atoms with Crippen LogP contribution in [0.15, 0.2) is 24.8 Å². The second-order valence-corrected chi connectivity index (χ2v) is 4.18. The maximum Gasteiger partial charge on any atom is 0.0729 e. The Kier molecular flexibility index (Phi) is 4.35. The van der Waals surface area contributed by atoms with Gasteiger partial charge in [0, 0.05) is 31.0 Å². The van der Waals surface area contributed by atoms with E-state index in [9.17, 15) is 0 Å². The van der Waals surface area contributed by atoms with Crippen molar-refractivity contribution in [3.05, 3.63) is 30.4 Å². The van der Waals surface area contributed by atoms with Crippen molar-refractivity contribution in [2.75, 3.05) is 11.9 Å². The minimum absolute atomic E-state index is 0.102. The average Bonchev–Trinajstić information content (AvgIpc) is 2.97. The molecule has 0 bridgehead atoms. The summed E-state index contributed by atoms with van der Waals surface area (Å²) in [6.07, 6.45) is 8.65. The number of aryl methyl sites for hydroxylation is 1. The number of nitrogens with one attached hydrogen (secondary N) is 1. The molecule has 0 aliphatic carbocycles. The highest BCUT2D eigenvalue weighted by atomic mass is 16.3. The van der Waals surface area contributed by atoms with Crippen LogP contribution in [0.1, 0.15) is 18.9 Å². The largest absolute Gasteiger partial charge is 0.394 e. The molecule has 98 valence electrons. The van der Waals surface area contributed by atoms with Crippen molar-refractivity contribution in [1.29, 1.82) is 0 Å². The lowest BCUT2D eigenvalue weighted by Gasteiger charge is -2.00. The second kappa shape index (κ2) is 6.20. The highest BCUT2D eigenvalue weighted by Crippen LogP contribution is 2.07. The van der Waals surface area contributed by atoms with Gasteiger partial charge in [0.2, 0.25) is 0 Å². The lowest BCUT2D eigenvalue weighted by Crippen LogP contribution is -2.02. The average molecular weight is 249 g/mol. The van der Waals surface area contributed by atoms with Crippen LogP contribution in [-0.4, -0.2) is 31.3 Å². The van der Waals surface area contributed by atoms with E-state index < -0.39 is 0 Å². The summed E-state index contributed by atoms with van der Waals surface area (Å²) in [5.41, 5.74) is 2.10. The SMILES string of the molecule is CCCn1cc(CNc2cnn(CCO)c2)cn1. The second-order valence-electron chi connectivity index (χ2n) is 4.18. The third kappa shape index (κ3) is 3.33. The molecule has 2 rings (SSSR count). The molecular weight excluding hydrogens is 230 g/mol. The highest BCUT2D eigenvalue weighted by Gasteiger charge is 2.00. The fourth-order valence-electron chi connectivity index (χ4n) is 1.73. The van der Waals surface area contributed by atoms with Gasteiger partial charge < -0.3 is 10.4 Å². The van der Waals surface area contributed by atoms with E-state index in [0.29, 0.717) is 6.54 Å². The Hall–Kier alpha value is -1.82. The topological polar surface area (TPSA) is 67.9 Å². The van der Waals surface area contributed by atoms with Gasteiger partial charge in [0.05, 0.1) is 31.2 Å². The highest BCUT2D eigenvalue weighted by molar-refractivity contribution is 5.38. The Labute approximate surface area is 106 Å². The lowest BCUT2D eigenvalue weighted by atomic mass is 10.3. The molecule has 0 fully saturated rings. The molecule has 0 radical (unpaired) electrons. The first kappa shape index (κ1) is 12.6. The summed E-state index contributed by atoms with van der Waals surface area (Å²) in [4.78, 5) is 0. The molecule has 0 atom stereocenters. The number of aliphatic hydroxyl groups is 1. The maximum absolute atomic E-state index is 8.80. The van der Waals surface area contributed by atoms with Gasteiger partial charge in [-0.2, -0.15) is 10.2 Å². The minimum atomic E-state index is 0.102. The van der Waals surface area contributed by atoms with E-state index in [1.165, 1.54) is 0 Å². The van der Waals surface area contributed by atoms with Crippen molar-refractivity contribution in [3.8, 4) is 0 Å². The summed E-state index contributed by atoms with van der Waals surface area (Å²) in [5.74, 6) is 0. The molecule has 2 N–H and O–H groups in total. The number of hydrogen-bond donors (Lipinski definition) is 2. The van der Waals surface area contributed by atoms with E-state index in [4.69, 9.17) is 5.11 Å². The van der Waals surface area contributed by atoms with E-state index in [2.05, 4.69) is 28.6 Å². The zero-order valence-electron chi connectivity index (χ0n) is 10.6. The van der Waals surface area contributed by atoms with Gasteiger partial charge in [-0.15, -0.1) is 0 Å². The molecule has 0 unspecified atom stereocenters. The third-order valence-electron chi connectivity index (χ3n) is 2.60. The molecule has 6 nitrogen and oxygen atoms in total. The first-order chi connectivity index (χ1) is 8.81. The van der Waals surface area contributed by atoms with Crippen LogP contribution in [0.5, 0.6) is 0 Å². The van der Waals surface area contributed by atoms with Crippen molar-refractivity contribution < 1.29 is 5.11 Å². The number of aromatic nitrogens is 4. The van der Waals surface area contributed by atoms with E-state index in [0.717, 1.165) is 30.8 Å². The Morgan fingerprint density at radius 2 is 1.94 bits per heavy atom. The fraction of sp³-hybridized carbons (Fsp3) is 0.500. The molecule has 18 heavy (non-hydrogen) atoms. The van der Waals surface area contributed by atoms with Crippen molar-refractivity contribution in [3.63, 3.8) is 0 Å².